The minimum atomic E-state index is -0.701. The summed E-state index contributed by atoms with van der Waals surface area (Å²) in [7, 11) is 0. The van der Waals surface area contributed by atoms with Gasteiger partial charge in [-0.05, 0) is 51.5 Å². The summed E-state index contributed by atoms with van der Waals surface area (Å²) < 4.78 is 22.1. The Morgan fingerprint density at radius 1 is 1.11 bits per heavy atom. The first-order valence-electron chi connectivity index (χ1n) is 11.8. The predicted molar refractivity (Wildman–Crippen MR) is 140 cm³/mol. The Hall–Kier alpha value is -2.70. The number of para-hydroxylation sites is 1. The largest absolute Gasteiger partial charge is 0.456 e. The van der Waals surface area contributed by atoms with Crippen molar-refractivity contribution in [1.29, 1.82) is 0 Å². The van der Waals surface area contributed by atoms with Gasteiger partial charge in [-0.2, -0.15) is 4.98 Å². The second kappa shape index (κ2) is 9.31. The molecule has 0 radical (unpaired) electrons. The van der Waals surface area contributed by atoms with Gasteiger partial charge in [0.05, 0.1) is 39.9 Å². The zero-order valence-corrected chi connectivity index (χ0v) is 21.7. The Kier molecular flexibility index (Phi) is 6.12. The molecular formula is C25H27N5O4S2. The van der Waals surface area contributed by atoms with E-state index in [4.69, 9.17) is 28.8 Å². The van der Waals surface area contributed by atoms with Crippen LogP contribution in [0.3, 0.4) is 0 Å². The summed E-state index contributed by atoms with van der Waals surface area (Å²) >= 11 is 2.92. The summed E-state index contributed by atoms with van der Waals surface area (Å²) in [6.07, 6.45) is 1.94. The van der Waals surface area contributed by atoms with Gasteiger partial charge in [0.1, 0.15) is 16.9 Å². The Morgan fingerprint density at radius 2 is 1.94 bits per heavy atom. The van der Waals surface area contributed by atoms with Crippen LogP contribution in [0.2, 0.25) is 0 Å². The van der Waals surface area contributed by atoms with Crippen LogP contribution in [0.1, 0.15) is 26.0 Å². The van der Waals surface area contributed by atoms with Crippen LogP contribution in [0.15, 0.2) is 52.2 Å². The number of aromatic nitrogens is 3. The highest BCUT2D eigenvalue weighted by molar-refractivity contribution is 8.00. The molecule has 1 aliphatic heterocycles. The minimum absolute atomic E-state index is 0.0183. The number of hydrogen-bond acceptors (Lipinski definition) is 11. The van der Waals surface area contributed by atoms with E-state index in [-0.39, 0.29) is 30.8 Å². The number of ether oxygens (including phenoxy) is 2. The molecule has 4 aromatic rings. The van der Waals surface area contributed by atoms with E-state index in [0.717, 1.165) is 26.5 Å². The third kappa shape index (κ3) is 4.46. The van der Waals surface area contributed by atoms with Crippen molar-refractivity contribution in [1.82, 2.24) is 15.0 Å². The third-order valence-electron chi connectivity index (χ3n) is 6.47. The lowest BCUT2D eigenvalue weighted by molar-refractivity contribution is -0.158. The fourth-order valence-electron chi connectivity index (χ4n) is 4.96. The number of furan rings is 1. The Balaban J connectivity index is 1.37. The highest BCUT2D eigenvalue weighted by Gasteiger charge is 2.54. The first kappa shape index (κ1) is 23.7. The molecule has 4 heterocycles. The van der Waals surface area contributed by atoms with Gasteiger partial charge in [0.15, 0.2) is 10.9 Å². The van der Waals surface area contributed by atoms with E-state index in [2.05, 4.69) is 16.1 Å². The smallest absolute Gasteiger partial charge is 0.235 e. The van der Waals surface area contributed by atoms with Crippen molar-refractivity contribution in [2.24, 2.45) is 5.92 Å². The molecular weight excluding hydrogens is 498 g/mol. The third-order valence-corrected chi connectivity index (χ3v) is 8.25. The predicted octanol–water partition coefficient (Wildman–Crippen LogP) is 5.09. The van der Waals surface area contributed by atoms with E-state index in [0.29, 0.717) is 23.3 Å². The fourth-order valence-corrected chi connectivity index (χ4v) is 6.56. The van der Waals surface area contributed by atoms with Crippen LogP contribution in [-0.2, 0) is 9.47 Å². The lowest BCUT2D eigenvalue weighted by Crippen LogP contribution is -2.35. The molecule has 2 aliphatic rings. The first-order valence-corrected chi connectivity index (χ1v) is 13.5. The molecule has 11 heteroatoms. The van der Waals surface area contributed by atoms with Crippen LogP contribution in [0, 0.1) is 12.8 Å². The summed E-state index contributed by atoms with van der Waals surface area (Å²) in [6.45, 7) is 5.82. The maximum absolute atomic E-state index is 10.0. The van der Waals surface area contributed by atoms with Crippen LogP contribution in [0.25, 0.3) is 20.8 Å². The summed E-state index contributed by atoms with van der Waals surface area (Å²) in [5.41, 5.74) is 2.59. The number of benzene rings is 1. The van der Waals surface area contributed by atoms with Gasteiger partial charge in [0.2, 0.25) is 5.95 Å². The van der Waals surface area contributed by atoms with E-state index >= 15 is 0 Å². The number of nitrogens with one attached hydrogen (secondary N) is 2. The molecule has 1 aliphatic carbocycles. The number of hydrogen-bond donors (Lipinski definition) is 3. The second-order valence-corrected chi connectivity index (χ2v) is 11.3. The van der Waals surface area contributed by atoms with Crippen molar-refractivity contribution in [3.8, 4) is 10.6 Å². The number of anilines is 2. The molecule has 9 nitrogen and oxygen atoms in total. The molecule has 1 aromatic carbocycles. The Labute approximate surface area is 216 Å². The highest BCUT2D eigenvalue weighted by Crippen LogP contribution is 2.44. The summed E-state index contributed by atoms with van der Waals surface area (Å²) in [5, 5.41) is 15.2. The Morgan fingerprint density at radius 3 is 2.72 bits per heavy atom. The lowest BCUT2D eigenvalue weighted by Gasteiger charge is -2.25. The van der Waals surface area contributed by atoms with Crippen molar-refractivity contribution in [2.75, 3.05) is 16.6 Å². The number of aryl methyl sites for hydroxylation is 1. The van der Waals surface area contributed by atoms with E-state index in [9.17, 15) is 5.11 Å². The van der Waals surface area contributed by atoms with Crippen LogP contribution in [0.5, 0.6) is 0 Å². The molecule has 2 fully saturated rings. The molecule has 1 saturated heterocycles. The van der Waals surface area contributed by atoms with Gasteiger partial charge in [0, 0.05) is 24.5 Å². The van der Waals surface area contributed by atoms with Gasteiger partial charge in [0.25, 0.3) is 0 Å². The monoisotopic (exact) mass is 525 g/mol. The molecule has 0 unspecified atom stereocenters. The maximum Gasteiger partial charge on any atom is 0.235 e. The van der Waals surface area contributed by atoms with Gasteiger partial charge in [-0.15, -0.1) is 11.3 Å². The van der Waals surface area contributed by atoms with Crippen molar-refractivity contribution in [2.45, 2.75) is 56.3 Å². The number of rotatable bonds is 7. The summed E-state index contributed by atoms with van der Waals surface area (Å²) in [6, 6.07) is 11.7. The molecule has 0 spiro atoms. The molecule has 3 N–H and O–H groups in total. The van der Waals surface area contributed by atoms with Crippen molar-refractivity contribution < 1.29 is 19.0 Å². The number of nitrogens with zero attached hydrogens (tertiary/aromatic N) is 3. The standard InChI is InChI=1S/C25H27N5O4S2/c1-13-19(23-28-15-7-4-5-8-17(15)35-23)22(29-24(26-13)30-36-18-9-6-10-32-18)27-16-11-14(12-31)20-21(16)34-25(2,3)33-20/h4-10,14,16,20-21,31H,11-12H2,1-3H3,(H2,26,27,29,30)/t14-,16-,20-,21+/m1/s1. The number of thiazole rings is 1. The van der Waals surface area contributed by atoms with E-state index in [1.807, 2.05) is 51.1 Å². The Bertz CT molecular complexity index is 1340. The molecule has 36 heavy (non-hydrogen) atoms. The molecule has 188 valence electrons. The quantitative estimate of drug-likeness (QED) is 0.282. The molecule has 4 atom stereocenters. The normalized spacial score (nSPS) is 24.8. The minimum Gasteiger partial charge on any atom is -0.456 e. The number of fused-ring (bicyclic) bond motifs is 2. The second-order valence-electron chi connectivity index (χ2n) is 9.47. The van der Waals surface area contributed by atoms with E-state index < -0.39 is 5.79 Å². The molecule has 0 bridgehead atoms. The van der Waals surface area contributed by atoms with Crippen molar-refractivity contribution in [3.63, 3.8) is 0 Å². The van der Waals surface area contributed by atoms with E-state index in [1.54, 1.807) is 17.6 Å². The highest BCUT2D eigenvalue weighted by atomic mass is 32.2. The molecule has 3 aromatic heterocycles. The zero-order valence-electron chi connectivity index (χ0n) is 20.1. The van der Waals surface area contributed by atoms with Crippen LogP contribution in [-0.4, -0.2) is 50.7 Å². The van der Waals surface area contributed by atoms with E-state index in [1.165, 1.54) is 11.9 Å². The van der Waals surface area contributed by atoms with Crippen LogP contribution < -0.4 is 10.0 Å². The van der Waals surface area contributed by atoms with Crippen LogP contribution in [0.4, 0.5) is 11.8 Å². The topological polar surface area (TPSA) is 115 Å². The van der Waals surface area contributed by atoms with Crippen molar-refractivity contribution >= 4 is 45.3 Å². The maximum atomic E-state index is 10.0. The molecule has 0 amide bonds. The summed E-state index contributed by atoms with van der Waals surface area (Å²) in [5.74, 6) is 0.404. The average Bonchev–Trinajstić information content (AvgIpc) is 3.62. The summed E-state index contributed by atoms with van der Waals surface area (Å²) in [4.78, 5) is 14.5. The van der Waals surface area contributed by atoms with Gasteiger partial charge in [-0.3, -0.25) is 4.72 Å². The van der Waals surface area contributed by atoms with Gasteiger partial charge in [-0.25, -0.2) is 9.97 Å². The van der Waals surface area contributed by atoms with Crippen molar-refractivity contribution in [3.05, 3.63) is 48.4 Å². The van der Waals surface area contributed by atoms with Gasteiger partial charge in [-0.1, -0.05) is 12.1 Å². The average molecular weight is 526 g/mol. The molecule has 6 rings (SSSR count). The first-order chi connectivity index (χ1) is 17.4. The fraction of sp³-hybridized carbons (Fsp3) is 0.400. The molecule has 1 saturated carbocycles. The lowest BCUT2D eigenvalue weighted by atomic mass is 10.1. The number of aliphatic hydroxyl groups is 1. The zero-order chi connectivity index (χ0) is 24.9. The number of aliphatic hydroxyl groups excluding tert-OH is 1. The van der Waals surface area contributed by atoms with Gasteiger partial charge >= 0.3 is 0 Å². The SMILES string of the molecule is Cc1nc(NSc2ccco2)nc(N[C@@H]2C[C@H](CO)[C@H]3OC(C)(C)O[C@H]32)c1-c1nc2ccccc2s1. The van der Waals surface area contributed by atoms with Crippen LogP contribution >= 0.6 is 23.3 Å². The van der Waals surface area contributed by atoms with Gasteiger partial charge < -0.3 is 24.3 Å².